The average molecular weight is 448 g/mol. The number of carbonyl (C=O) groups is 3. The number of aryl methyl sites for hydroxylation is 1. The maximum absolute atomic E-state index is 13.8. The number of benzene rings is 2. The zero-order valence-corrected chi connectivity index (χ0v) is 19.3. The van der Waals surface area contributed by atoms with Gasteiger partial charge in [-0.1, -0.05) is 31.2 Å². The number of amides is 3. The summed E-state index contributed by atoms with van der Waals surface area (Å²) in [6.45, 7) is 7.77. The van der Waals surface area contributed by atoms with Crippen molar-refractivity contribution in [2.75, 3.05) is 5.32 Å². The van der Waals surface area contributed by atoms with Crippen LogP contribution in [-0.2, 0) is 26.3 Å². The van der Waals surface area contributed by atoms with Crippen molar-refractivity contribution in [3.63, 3.8) is 0 Å². The van der Waals surface area contributed by atoms with Crippen LogP contribution >= 0.6 is 0 Å². The number of carbonyl (C=O) groups excluding carboxylic acids is 3. The van der Waals surface area contributed by atoms with Crippen LogP contribution in [0.5, 0.6) is 5.75 Å². The summed E-state index contributed by atoms with van der Waals surface area (Å²) in [7, 11) is 0. The third-order valence-electron chi connectivity index (χ3n) is 7.88. The lowest BCUT2D eigenvalue weighted by molar-refractivity contribution is -0.145. The molecule has 5 atom stereocenters. The van der Waals surface area contributed by atoms with Gasteiger partial charge in [-0.05, 0) is 62.4 Å². The minimum Gasteiger partial charge on any atom is -0.508 e. The number of nitrogens with one attached hydrogen (secondary N) is 2. The first-order chi connectivity index (χ1) is 15.7. The molecule has 0 aromatic heterocycles. The maximum Gasteiger partial charge on any atom is 0.250 e. The molecule has 1 spiro atoms. The van der Waals surface area contributed by atoms with Gasteiger partial charge in [0.25, 0.3) is 0 Å². The van der Waals surface area contributed by atoms with Gasteiger partial charge in [0.2, 0.25) is 17.7 Å². The van der Waals surface area contributed by atoms with E-state index in [0.29, 0.717) is 12.8 Å². The second-order valence-electron chi connectivity index (χ2n) is 9.62. The number of phenols is 1. The summed E-state index contributed by atoms with van der Waals surface area (Å²) in [5, 5.41) is 16.2. The zero-order valence-electron chi connectivity index (χ0n) is 19.3. The van der Waals surface area contributed by atoms with Crippen molar-refractivity contribution in [2.45, 2.75) is 58.2 Å². The monoisotopic (exact) mass is 447 g/mol. The van der Waals surface area contributed by atoms with E-state index in [1.54, 1.807) is 24.3 Å². The van der Waals surface area contributed by atoms with E-state index < -0.39 is 23.4 Å². The average Bonchev–Trinajstić information content (AvgIpc) is 3.37. The Labute approximate surface area is 193 Å². The number of hydrogen-bond acceptors (Lipinski definition) is 5. The van der Waals surface area contributed by atoms with Gasteiger partial charge in [0.1, 0.15) is 11.3 Å². The Hall–Kier alpha value is -3.19. The van der Waals surface area contributed by atoms with E-state index >= 15 is 0 Å². The van der Waals surface area contributed by atoms with Crippen LogP contribution in [0.2, 0.25) is 0 Å². The van der Waals surface area contributed by atoms with Crippen LogP contribution in [0.4, 0.5) is 5.69 Å². The molecule has 2 fully saturated rings. The number of likely N-dealkylation sites (tertiary alicyclic amines) is 1. The van der Waals surface area contributed by atoms with Gasteiger partial charge in [-0.3, -0.25) is 24.6 Å². The first-order valence-corrected chi connectivity index (χ1v) is 11.5. The number of hydrogen-bond donors (Lipinski definition) is 3. The van der Waals surface area contributed by atoms with Crippen LogP contribution in [0.1, 0.15) is 42.5 Å². The molecule has 2 aromatic rings. The summed E-state index contributed by atoms with van der Waals surface area (Å²) in [4.78, 5) is 42.4. The number of phenolic OH excluding ortho intramolecular Hbond substituents is 1. The molecule has 5 rings (SSSR count). The molecule has 7 heteroatoms. The van der Waals surface area contributed by atoms with E-state index in [2.05, 4.69) is 10.6 Å². The van der Waals surface area contributed by atoms with Crippen LogP contribution in [0.25, 0.3) is 0 Å². The van der Waals surface area contributed by atoms with Gasteiger partial charge in [-0.25, -0.2) is 0 Å². The molecular formula is C26H29N3O4. The Bertz CT molecular complexity index is 1170. The second-order valence-corrected chi connectivity index (χ2v) is 9.62. The van der Waals surface area contributed by atoms with Gasteiger partial charge >= 0.3 is 0 Å². The highest BCUT2D eigenvalue weighted by atomic mass is 16.3. The lowest BCUT2D eigenvalue weighted by Gasteiger charge is -2.31. The van der Waals surface area contributed by atoms with Crippen LogP contribution in [0.3, 0.4) is 0 Å². The minimum absolute atomic E-state index is 0.164. The summed E-state index contributed by atoms with van der Waals surface area (Å²) in [5.41, 5.74) is 3.13. The van der Waals surface area contributed by atoms with E-state index in [0.717, 1.165) is 27.9 Å². The van der Waals surface area contributed by atoms with Gasteiger partial charge in [0.05, 0.1) is 11.8 Å². The highest BCUT2D eigenvalue weighted by Crippen LogP contribution is 2.54. The van der Waals surface area contributed by atoms with E-state index in [1.807, 2.05) is 39.8 Å². The van der Waals surface area contributed by atoms with E-state index in [-0.39, 0.29) is 29.5 Å². The zero-order chi connectivity index (χ0) is 23.7. The molecule has 3 aliphatic heterocycles. The summed E-state index contributed by atoms with van der Waals surface area (Å²) in [6.07, 6.45) is 1.12. The summed E-state index contributed by atoms with van der Waals surface area (Å²) < 4.78 is 0. The van der Waals surface area contributed by atoms with Crippen molar-refractivity contribution in [1.82, 2.24) is 10.2 Å². The number of anilines is 1. The maximum atomic E-state index is 13.8. The number of nitrogens with zero attached hydrogens (tertiary/aromatic N) is 1. The molecule has 7 nitrogen and oxygen atoms in total. The van der Waals surface area contributed by atoms with Crippen molar-refractivity contribution in [3.05, 3.63) is 58.7 Å². The highest BCUT2D eigenvalue weighted by molar-refractivity contribution is 6.15. The van der Waals surface area contributed by atoms with Gasteiger partial charge in [0.15, 0.2) is 0 Å². The fraction of sp³-hybridized carbons (Fsp3) is 0.423. The number of fused-ring (bicyclic) bond motifs is 4. The van der Waals surface area contributed by atoms with Crippen molar-refractivity contribution >= 4 is 23.4 Å². The van der Waals surface area contributed by atoms with Gasteiger partial charge in [-0.15, -0.1) is 0 Å². The van der Waals surface area contributed by atoms with Crippen LogP contribution in [0, 0.1) is 25.7 Å². The first kappa shape index (κ1) is 21.6. The molecule has 0 aliphatic carbocycles. The molecule has 0 saturated carbocycles. The highest BCUT2D eigenvalue weighted by Gasteiger charge is 2.70. The third-order valence-corrected chi connectivity index (χ3v) is 7.88. The quantitative estimate of drug-likeness (QED) is 0.626. The lowest BCUT2D eigenvalue weighted by Crippen LogP contribution is -2.54. The Morgan fingerprint density at radius 1 is 1.06 bits per heavy atom. The third kappa shape index (κ3) is 2.88. The second kappa shape index (κ2) is 7.42. The molecule has 2 aromatic carbocycles. The molecule has 172 valence electrons. The SMILES string of the molecule is CC[C@@H](C)N1C(=O)[C@H]2[C@@H](C1=O)[C@]1(N[C@@H]2Cc2ccc(O)cc2)C(=O)Nc2c1ccc(C)c2C. The van der Waals surface area contributed by atoms with Gasteiger partial charge in [-0.2, -0.15) is 0 Å². The van der Waals surface area contributed by atoms with E-state index in [1.165, 1.54) is 4.90 Å². The van der Waals surface area contributed by atoms with Crippen LogP contribution in [0.15, 0.2) is 36.4 Å². The summed E-state index contributed by atoms with van der Waals surface area (Å²) >= 11 is 0. The van der Waals surface area contributed by atoms with Crippen molar-refractivity contribution in [2.24, 2.45) is 11.8 Å². The fourth-order valence-corrected chi connectivity index (χ4v) is 5.82. The molecule has 3 aliphatic rings. The Morgan fingerprint density at radius 2 is 1.76 bits per heavy atom. The Morgan fingerprint density at radius 3 is 2.42 bits per heavy atom. The number of imide groups is 1. The minimum atomic E-state index is -1.28. The molecule has 0 unspecified atom stereocenters. The van der Waals surface area contributed by atoms with Crippen molar-refractivity contribution in [1.29, 1.82) is 0 Å². The normalized spacial score (nSPS) is 28.9. The Kier molecular flexibility index (Phi) is 4.86. The van der Waals surface area contributed by atoms with Crippen molar-refractivity contribution in [3.8, 4) is 5.75 Å². The number of rotatable bonds is 4. The standard InChI is InChI=1S/C26H29N3O4/c1-5-14(3)29-23(31)20-19(12-16-7-9-17(30)10-8-16)28-26(21(20)24(29)32)18-11-6-13(2)15(4)22(18)27-25(26)33/h6-11,14,19-21,28,30H,5,12H2,1-4H3,(H,27,33)/t14-,19-,20-,21+,26+/m1/s1. The molecule has 3 amide bonds. The lowest BCUT2D eigenvalue weighted by atomic mass is 9.75. The first-order valence-electron chi connectivity index (χ1n) is 11.5. The smallest absolute Gasteiger partial charge is 0.250 e. The van der Waals surface area contributed by atoms with E-state index in [4.69, 9.17) is 0 Å². The molecule has 0 radical (unpaired) electrons. The number of aromatic hydroxyl groups is 1. The van der Waals surface area contributed by atoms with Crippen LogP contribution < -0.4 is 10.6 Å². The van der Waals surface area contributed by atoms with Crippen LogP contribution in [-0.4, -0.2) is 39.8 Å². The van der Waals surface area contributed by atoms with E-state index in [9.17, 15) is 19.5 Å². The molecular weight excluding hydrogens is 418 g/mol. The molecule has 0 bridgehead atoms. The predicted molar refractivity (Wildman–Crippen MR) is 124 cm³/mol. The summed E-state index contributed by atoms with van der Waals surface area (Å²) in [5.74, 6) is -2.04. The topological polar surface area (TPSA) is 98.7 Å². The molecule has 3 N–H and O–H groups in total. The fourth-order valence-electron chi connectivity index (χ4n) is 5.82. The predicted octanol–water partition coefficient (Wildman–Crippen LogP) is 2.77. The Balaban J connectivity index is 1.65. The summed E-state index contributed by atoms with van der Waals surface area (Å²) in [6, 6.07) is 10.1. The van der Waals surface area contributed by atoms with Gasteiger partial charge in [0, 0.05) is 23.3 Å². The molecule has 33 heavy (non-hydrogen) atoms. The van der Waals surface area contributed by atoms with Crippen molar-refractivity contribution < 1.29 is 19.5 Å². The largest absolute Gasteiger partial charge is 0.508 e. The van der Waals surface area contributed by atoms with Gasteiger partial charge < -0.3 is 10.4 Å². The molecule has 2 saturated heterocycles. The molecule has 3 heterocycles.